The van der Waals surface area contributed by atoms with Crippen molar-refractivity contribution in [2.75, 3.05) is 24.5 Å². The van der Waals surface area contributed by atoms with Crippen LogP contribution in [0, 0.1) is 5.41 Å². The fourth-order valence-electron chi connectivity index (χ4n) is 5.56. The van der Waals surface area contributed by atoms with Gasteiger partial charge in [-0.05, 0) is 74.8 Å². The van der Waals surface area contributed by atoms with Gasteiger partial charge in [-0.25, -0.2) is 4.98 Å². The minimum absolute atomic E-state index is 0.181. The highest BCUT2D eigenvalue weighted by Crippen LogP contribution is 2.43. The van der Waals surface area contributed by atoms with Gasteiger partial charge in [0.05, 0.1) is 11.5 Å². The molecule has 5 rings (SSSR count). The van der Waals surface area contributed by atoms with Crippen LogP contribution in [0.3, 0.4) is 0 Å². The molecule has 1 amide bonds. The van der Waals surface area contributed by atoms with Crippen molar-refractivity contribution in [3.63, 3.8) is 0 Å². The SMILES string of the molecule is O=C1N([C@H]2CC[C@H](O)CC2)CCC12CCCN(c1ccc(-c3ccncc3)cn1)C2. The number of nitrogens with zero attached hydrogens (tertiary/aromatic N) is 4. The number of aliphatic hydroxyl groups excluding tert-OH is 1. The van der Waals surface area contributed by atoms with E-state index in [0.717, 1.165) is 81.5 Å². The van der Waals surface area contributed by atoms with Crippen LogP contribution in [0.1, 0.15) is 44.9 Å². The normalized spacial score (nSPS) is 29.6. The summed E-state index contributed by atoms with van der Waals surface area (Å²) in [6.07, 6.45) is 11.8. The van der Waals surface area contributed by atoms with E-state index in [1.165, 1.54) is 0 Å². The molecule has 1 spiro atoms. The van der Waals surface area contributed by atoms with E-state index in [4.69, 9.17) is 4.98 Å². The number of pyridine rings is 2. The first kappa shape index (κ1) is 19.5. The first-order valence-electron chi connectivity index (χ1n) is 11.3. The summed E-state index contributed by atoms with van der Waals surface area (Å²) in [6, 6.07) is 8.47. The molecular weight excluding hydrogens is 376 g/mol. The Kier molecular flexibility index (Phi) is 5.19. The van der Waals surface area contributed by atoms with E-state index < -0.39 is 0 Å². The number of carbonyl (C=O) groups is 1. The summed E-state index contributed by atoms with van der Waals surface area (Å²) in [6.45, 7) is 2.58. The van der Waals surface area contributed by atoms with Crippen molar-refractivity contribution in [3.8, 4) is 11.1 Å². The Labute approximate surface area is 177 Å². The average molecular weight is 407 g/mol. The summed E-state index contributed by atoms with van der Waals surface area (Å²) in [5, 5.41) is 9.81. The first-order chi connectivity index (χ1) is 14.6. The number of piperidine rings is 1. The molecule has 0 aromatic carbocycles. The van der Waals surface area contributed by atoms with Crippen LogP contribution in [0.25, 0.3) is 11.1 Å². The zero-order valence-corrected chi connectivity index (χ0v) is 17.4. The van der Waals surface area contributed by atoms with E-state index >= 15 is 0 Å². The number of likely N-dealkylation sites (tertiary alicyclic amines) is 1. The summed E-state index contributed by atoms with van der Waals surface area (Å²) in [7, 11) is 0. The van der Waals surface area contributed by atoms with Crippen molar-refractivity contribution in [1.82, 2.24) is 14.9 Å². The highest BCUT2D eigenvalue weighted by molar-refractivity contribution is 5.86. The van der Waals surface area contributed by atoms with Crippen LogP contribution < -0.4 is 4.90 Å². The molecule has 3 fully saturated rings. The van der Waals surface area contributed by atoms with Gasteiger partial charge in [-0.3, -0.25) is 9.78 Å². The second-order valence-corrected chi connectivity index (χ2v) is 9.16. The number of amides is 1. The Morgan fingerprint density at radius 1 is 0.967 bits per heavy atom. The van der Waals surface area contributed by atoms with Crippen molar-refractivity contribution < 1.29 is 9.90 Å². The largest absolute Gasteiger partial charge is 0.393 e. The second-order valence-electron chi connectivity index (χ2n) is 9.16. The number of hydrogen-bond donors (Lipinski definition) is 1. The summed E-state index contributed by atoms with van der Waals surface area (Å²) >= 11 is 0. The van der Waals surface area contributed by atoms with Crippen LogP contribution in [-0.2, 0) is 4.79 Å². The van der Waals surface area contributed by atoms with Crippen LogP contribution >= 0.6 is 0 Å². The van der Waals surface area contributed by atoms with E-state index in [2.05, 4.69) is 26.9 Å². The third-order valence-corrected chi connectivity index (χ3v) is 7.32. The fourth-order valence-corrected chi connectivity index (χ4v) is 5.56. The minimum Gasteiger partial charge on any atom is -0.393 e. The minimum atomic E-state index is -0.264. The average Bonchev–Trinajstić information content (AvgIpc) is 3.10. The molecule has 30 heavy (non-hydrogen) atoms. The van der Waals surface area contributed by atoms with Crippen molar-refractivity contribution in [2.24, 2.45) is 5.41 Å². The summed E-state index contributed by atoms with van der Waals surface area (Å²) in [4.78, 5) is 26.7. The third-order valence-electron chi connectivity index (χ3n) is 7.32. The molecule has 2 aliphatic heterocycles. The Balaban J connectivity index is 1.29. The van der Waals surface area contributed by atoms with Gasteiger partial charge in [-0.2, -0.15) is 0 Å². The molecule has 1 atom stereocenters. The van der Waals surface area contributed by atoms with E-state index in [0.29, 0.717) is 11.9 Å². The van der Waals surface area contributed by atoms with E-state index in [9.17, 15) is 9.90 Å². The van der Waals surface area contributed by atoms with E-state index in [-0.39, 0.29) is 11.5 Å². The van der Waals surface area contributed by atoms with Gasteiger partial charge in [0.25, 0.3) is 0 Å². The lowest BCUT2D eigenvalue weighted by Crippen LogP contribution is -2.50. The molecule has 1 N–H and O–H groups in total. The monoisotopic (exact) mass is 406 g/mol. The van der Waals surface area contributed by atoms with Crippen molar-refractivity contribution in [2.45, 2.75) is 57.1 Å². The van der Waals surface area contributed by atoms with Gasteiger partial charge < -0.3 is 14.9 Å². The number of aliphatic hydroxyl groups is 1. The molecule has 4 heterocycles. The summed E-state index contributed by atoms with van der Waals surface area (Å²) < 4.78 is 0. The molecule has 2 aromatic heterocycles. The zero-order chi connectivity index (χ0) is 20.6. The molecule has 3 aliphatic rings. The Morgan fingerprint density at radius 2 is 1.77 bits per heavy atom. The number of hydrogen-bond acceptors (Lipinski definition) is 5. The molecular formula is C24H30N4O2. The third kappa shape index (κ3) is 3.58. The molecule has 1 aliphatic carbocycles. The maximum Gasteiger partial charge on any atom is 0.230 e. The predicted octanol–water partition coefficient (Wildman–Crippen LogP) is 3.27. The van der Waals surface area contributed by atoms with Crippen molar-refractivity contribution in [3.05, 3.63) is 42.9 Å². The number of aromatic nitrogens is 2. The maximum absolute atomic E-state index is 13.5. The van der Waals surface area contributed by atoms with E-state index in [1.54, 1.807) is 12.4 Å². The number of rotatable bonds is 3. The van der Waals surface area contributed by atoms with Gasteiger partial charge in [0.15, 0.2) is 0 Å². The molecule has 0 radical (unpaired) electrons. The standard InChI is InChI=1S/C24H30N4O2/c29-21-5-3-20(4-6-21)28-15-11-24(23(28)30)10-1-14-27(17-24)22-7-2-19(16-26-22)18-8-12-25-13-9-18/h2,7-9,12-13,16,20-21,29H,1,3-6,10-11,14-15,17H2/t20-,21-,24?. The van der Waals surface area contributed by atoms with Gasteiger partial charge in [0.2, 0.25) is 5.91 Å². The Hall–Kier alpha value is -2.47. The van der Waals surface area contributed by atoms with Crippen LogP contribution in [0.2, 0.25) is 0 Å². The topological polar surface area (TPSA) is 69.6 Å². The zero-order valence-electron chi connectivity index (χ0n) is 17.4. The lowest BCUT2D eigenvalue weighted by atomic mass is 9.78. The van der Waals surface area contributed by atoms with Gasteiger partial charge >= 0.3 is 0 Å². The van der Waals surface area contributed by atoms with Crippen molar-refractivity contribution in [1.29, 1.82) is 0 Å². The van der Waals surface area contributed by atoms with Crippen LogP contribution in [0.5, 0.6) is 0 Å². The Morgan fingerprint density at radius 3 is 2.50 bits per heavy atom. The van der Waals surface area contributed by atoms with Gasteiger partial charge in [-0.15, -0.1) is 0 Å². The first-order valence-corrected chi connectivity index (χ1v) is 11.3. The Bertz CT molecular complexity index is 880. The van der Waals surface area contributed by atoms with Crippen LogP contribution in [0.4, 0.5) is 5.82 Å². The highest BCUT2D eigenvalue weighted by atomic mass is 16.3. The second kappa shape index (κ2) is 7.99. The van der Waals surface area contributed by atoms with Crippen molar-refractivity contribution >= 4 is 11.7 Å². The van der Waals surface area contributed by atoms with Crippen LogP contribution in [-0.4, -0.2) is 57.7 Å². The van der Waals surface area contributed by atoms with E-state index in [1.807, 2.05) is 18.3 Å². The smallest absolute Gasteiger partial charge is 0.230 e. The molecule has 1 unspecified atom stereocenters. The van der Waals surface area contributed by atoms with Crippen LogP contribution in [0.15, 0.2) is 42.9 Å². The molecule has 6 heteroatoms. The quantitative estimate of drug-likeness (QED) is 0.847. The lowest BCUT2D eigenvalue weighted by molar-refractivity contribution is -0.139. The number of anilines is 1. The molecule has 1 saturated carbocycles. The molecule has 6 nitrogen and oxygen atoms in total. The van der Waals surface area contributed by atoms with Gasteiger partial charge in [0, 0.05) is 49.8 Å². The molecule has 2 aromatic rings. The summed E-state index contributed by atoms with van der Waals surface area (Å²) in [5.74, 6) is 1.29. The van der Waals surface area contributed by atoms with Gasteiger partial charge in [-0.1, -0.05) is 0 Å². The molecule has 0 bridgehead atoms. The maximum atomic E-state index is 13.5. The summed E-state index contributed by atoms with van der Waals surface area (Å²) in [5.41, 5.74) is 1.92. The number of carbonyl (C=O) groups excluding carboxylic acids is 1. The predicted molar refractivity (Wildman–Crippen MR) is 116 cm³/mol. The molecule has 2 saturated heterocycles. The highest BCUT2D eigenvalue weighted by Gasteiger charge is 2.50. The fraction of sp³-hybridized carbons (Fsp3) is 0.542. The van der Waals surface area contributed by atoms with Gasteiger partial charge in [0.1, 0.15) is 5.82 Å². The lowest BCUT2D eigenvalue weighted by Gasteiger charge is -2.41. The molecule has 158 valence electrons.